The zero-order valence-electron chi connectivity index (χ0n) is 14.1. The normalized spacial score (nSPS) is 14.6. The molecule has 26 heavy (non-hydrogen) atoms. The highest BCUT2D eigenvalue weighted by molar-refractivity contribution is 7.19. The second-order valence-electron chi connectivity index (χ2n) is 6.53. The molecule has 6 heteroatoms. The summed E-state index contributed by atoms with van der Waals surface area (Å²) >= 11 is 3.43. The van der Waals surface area contributed by atoms with Gasteiger partial charge in [-0.25, -0.2) is 4.98 Å². The van der Waals surface area contributed by atoms with E-state index in [1.165, 1.54) is 15.0 Å². The Hall–Kier alpha value is -2.28. The minimum absolute atomic E-state index is 0.000518. The van der Waals surface area contributed by atoms with Gasteiger partial charge in [0.15, 0.2) is 5.82 Å². The molecule has 0 aliphatic carbocycles. The van der Waals surface area contributed by atoms with E-state index in [2.05, 4.69) is 40.2 Å². The second kappa shape index (κ2) is 6.46. The summed E-state index contributed by atoms with van der Waals surface area (Å²) in [6.45, 7) is 2.48. The molecule has 0 unspecified atom stereocenters. The number of aromatic nitrogens is 2. The van der Waals surface area contributed by atoms with Gasteiger partial charge in [0.05, 0.1) is 16.1 Å². The van der Waals surface area contributed by atoms with Crippen molar-refractivity contribution in [2.24, 2.45) is 0 Å². The van der Waals surface area contributed by atoms with Gasteiger partial charge in [-0.1, -0.05) is 24.3 Å². The number of thiophene rings is 2. The maximum absolute atomic E-state index is 12.6. The zero-order valence-corrected chi connectivity index (χ0v) is 15.7. The molecule has 1 aliphatic heterocycles. The number of benzene rings is 1. The van der Waals surface area contributed by atoms with Gasteiger partial charge in [-0.15, -0.1) is 22.7 Å². The molecule has 0 radical (unpaired) electrons. The predicted molar refractivity (Wildman–Crippen MR) is 108 cm³/mol. The maximum Gasteiger partial charge on any atom is 0.255 e. The van der Waals surface area contributed by atoms with E-state index in [0.29, 0.717) is 12.4 Å². The summed E-state index contributed by atoms with van der Waals surface area (Å²) in [5, 5.41) is 3.30. The van der Waals surface area contributed by atoms with Crippen LogP contribution in [-0.4, -0.2) is 21.4 Å². The molecule has 0 spiro atoms. The summed E-state index contributed by atoms with van der Waals surface area (Å²) < 4.78 is 1.32. The minimum atomic E-state index is -0.000518. The van der Waals surface area contributed by atoms with Gasteiger partial charge in [0.25, 0.3) is 5.56 Å². The average Bonchev–Trinajstić information content (AvgIpc) is 3.31. The summed E-state index contributed by atoms with van der Waals surface area (Å²) in [5.74, 6) is 0.696. The van der Waals surface area contributed by atoms with Crippen LogP contribution in [0.5, 0.6) is 0 Å². The van der Waals surface area contributed by atoms with Crippen molar-refractivity contribution >= 4 is 32.8 Å². The van der Waals surface area contributed by atoms with Crippen LogP contribution in [0.2, 0.25) is 0 Å². The van der Waals surface area contributed by atoms with Crippen LogP contribution < -0.4 is 5.56 Å². The molecular formula is C20H17N3OS2. The van der Waals surface area contributed by atoms with E-state index < -0.39 is 0 Å². The van der Waals surface area contributed by atoms with Crippen LogP contribution in [0, 0.1) is 0 Å². The Labute approximate surface area is 158 Å². The summed E-state index contributed by atoms with van der Waals surface area (Å²) in [4.78, 5) is 25.0. The molecule has 0 atom stereocenters. The number of hydrogen-bond acceptors (Lipinski definition) is 5. The molecule has 4 heterocycles. The van der Waals surface area contributed by atoms with Crippen LogP contribution in [-0.2, 0) is 19.5 Å². The first-order valence-corrected chi connectivity index (χ1v) is 10.3. The Morgan fingerprint density at radius 2 is 2.12 bits per heavy atom. The van der Waals surface area contributed by atoms with E-state index in [-0.39, 0.29) is 5.56 Å². The third-order valence-corrected chi connectivity index (χ3v) is 6.74. The molecule has 0 amide bonds. The van der Waals surface area contributed by atoms with Crippen LogP contribution >= 0.6 is 22.7 Å². The van der Waals surface area contributed by atoms with E-state index in [1.807, 2.05) is 28.8 Å². The number of H-pyrrole nitrogens is 1. The first-order chi connectivity index (χ1) is 12.8. The molecule has 130 valence electrons. The Morgan fingerprint density at radius 1 is 1.19 bits per heavy atom. The number of nitrogens with one attached hydrogen (secondary N) is 1. The molecule has 1 aromatic carbocycles. The molecule has 0 bridgehead atoms. The lowest BCUT2D eigenvalue weighted by molar-refractivity contribution is 0.244. The Kier molecular flexibility index (Phi) is 3.96. The van der Waals surface area contributed by atoms with E-state index >= 15 is 0 Å². The fraction of sp³-hybridized carbons (Fsp3) is 0.200. The minimum Gasteiger partial charge on any atom is -0.306 e. The molecule has 1 N–H and O–H groups in total. The quantitative estimate of drug-likeness (QED) is 0.578. The van der Waals surface area contributed by atoms with Crippen molar-refractivity contribution in [1.29, 1.82) is 0 Å². The van der Waals surface area contributed by atoms with Gasteiger partial charge in [-0.2, -0.15) is 0 Å². The number of hydrogen-bond donors (Lipinski definition) is 1. The lowest BCUT2D eigenvalue weighted by Gasteiger charge is -2.27. The molecule has 5 rings (SSSR count). The van der Waals surface area contributed by atoms with Gasteiger partial charge in [0, 0.05) is 35.6 Å². The van der Waals surface area contributed by atoms with Gasteiger partial charge >= 0.3 is 0 Å². The van der Waals surface area contributed by atoms with Gasteiger partial charge in [-0.05, 0) is 29.0 Å². The molecule has 1 aliphatic rings. The topological polar surface area (TPSA) is 49.0 Å². The summed E-state index contributed by atoms with van der Waals surface area (Å²) in [6, 6.07) is 14.7. The fourth-order valence-corrected chi connectivity index (χ4v) is 5.26. The Balaban J connectivity index is 1.40. The zero-order chi connectivity index (χ0) is 17.5. The fourth-order valence-electron chi connectivity index (χ4n) is 3.48. The monoisotopic (exact) mass is 379 g/mol. The van der Waals surface area contributed by atoms with Crippen LogP contribution in [0.4, 0.5) is 0 Å². The largest absolute Gasteiger partial charge is 0.306 e. The SMILES string of the molecule is O=c1[nH]c(-c2cccs2)nc2c1CN(Cc1cc3ccccc3s1)CC2. The van der Waals surface area contributed by atoms with Crippen molar-refractivity contribution in [1.82, 2.24) is 14.9 Å². The van der Waals surface area contributed by atoms with Crippen molar-refractivity contribution in [3.8, 4) is 10.7 Å². The van der Waals surface area contributed by atoms with Gasteiger partial charge in [-0.3, -0.25) is 9.69 Å². The van der Waals surface area contributed by atoms with E-state index in [9.17, 15) is 4.79 Å². The van der Waals surface area contributed by atoms with Gasteiger partial charge in [0.1, 0.15) is 0 Å². The molecule has 0 fully saturated rings. The number of nitrogens with zero attached hydrogens (tertiary/aromatic N) is 2. The third-order valence-electron chi connectivity index (χ3n) is 4.76. The number of fused-ring (bicyclic) bond motifs is 2. The third kappa shape index (κ3) is 2.90. The van der Waals surface area contributed by atoms with Crippen LogP contribution in [0.3, 0.4) is 0 Å². The van der Waals surface area contributed by atoms with Gasteiger partial charge in [0.2, 0.25) is 0 Å². The van der Waals surface area contributed by atoms with Crippen molar-refractivity contribution in [3.05, 3.63) is 74.3 Å². The summed E-state index contributed by atoms with van der Waals surface area (Å²) in [5.41, 5.74) is 1.77. The molecule has 3 aromatic heterocycles. The molecular weight excluding hydrogens is 362 g/mol. The molecule has 4 nitrogen and oxygen atoms in total. The predicted octanol–water partition coefficient (Wildman–Crippen LogP) is 4.27. The van der Waals surface area contributed by atoms with Crippen molar-refractivity contribution in [2.75, 3.05) is 6.54 Å². The highest BCUT2D eigenvalue weighted by Crippen LogP contribution is 2.28. The highest BCUT2D eigenvalue weighted by Gasteiger charge is 2.22. The van der Waals surface area contributed by atoms with E-state index in [4.69, 9.17) is 4.98 Å². The Morgan fingerprint density at radius 3 is 2.96 bits per heavy atom. The first-order valence-electron chi connectivity index (χ1n) is 8.62. The van der Waals surface area contributed by atoms with E-state index in [0.717, 1.165) is 35.6 Å². The molecule has 0 saturated carbocycles. The highest BCUT2D eigenvalue weighted by atomic mass is 32.1. The number of rotatable bonds is 3. The summed E-state index contributed by atoms with van der Waals surface area (Å²) in [6.07, 6.45) is 0.822. The lowest BCUT2D eigenvalue weighted by Crippen LogP contribution is -2.35. The van der Waals surface area contributed by atoms with Crippen molar-refractivity contribution in [2.45, 2.75) is 19.5 Å². The Bertz CT molecular complexity index is 1090. The smallest absolute Gasteiger partial charge is 0.255 e. The van der Waals surface area contributed by atoms with Crippen LogP contribution in [0.15, 0.2) is 52.6 Å². The maximum atomic E-state index is 12.6. The van der Waals surface area contributed by atoms with Crippen LogP contribution in [0.1, 0.15) is 16.1 Å². The number of aromatic amines is 1. The lowest BCUT2D eigenvalue weighted by atomic mass is 10.1. The van der Waals surface area contributed by atoms with E-state index in [1.54, 1.807) is 11.3 Å². The van der Waals surface area contributed by atoms with Crippen LogP contribution in [0.25, 0.3) is 20.8 Å². The first kappa shape index (κ1) is 15.9. The summed E-state index contributed by atoms with van der Waals surface area (Å²) in [7, 11) is 0. The molecule has 4 aromatic rings. The van der Waals surface area contributed by atoms with Crippen molar-refractivity contribution in [3.63, 3.8) is 0 Å². The average molecular weight is 380 g/mol. The van der Waals surface area contributed by atoms with Gasteiger partial charge < -0.3 is 4.98 Å². The molecule has 0 saturated heterocycles. The van der Waals surface area contributed by atoms with Crippen molar-refractivity contribution < 1.29 is 0 Å². The second-order valence-corrected chi connectivity index (χ2v) is 8.64. The standard InChI is InChI=1S/C20H17N3OS2/c24-20-15-12-23(11-14-10-13-4-1-2-5-17(13)26-14)8-7-16(15)21-19(22-20)18-6-3-9-25-18/h1-6,9-10H,7-8,11-12H2,(H,21,22,24).